The van der Waals surface area contributed by atoms with Crippen molar-refractivity contribution < 1.29 is 9.08 Å². The quantitative estimate of drug-likeness (QED) is 0.472. The summed E-state index contributed by atoms with van der Waals surface area (Å²) in [4.78, 5) is 11.2. The lowest BCUT2D eigenvalue weighted by Gasteiger charge is -2.03. The third-order valence-corrected chi connectivity index (χ3v) is 2.24. The molecule has 0 fully saturated rings. The highest BCUT2D eigenvalue weighted by atomic mass is 35.5. The number of halogens is 2. The molecule has 0 heterocycles. The standard InChI is InChI=1S/C7H5Cl2NO2S/c8-5-3-1-2-4(6(5)9)7(11)10-12-13/h1-3,13H,(H,10,11). The molecular formula is C7H5Cl2NO2S. The van der Waals surface area contributed by atoms with Crippen LogP contribution in [-0.2, 0) is 4.28 Å². The van der Waals surface area contributed by atoms with Crippen molar-refractivity contribution in [2.45, 2.75) is 0 Å². The normalized spacial score (nSPS) is 9.77. The maximum absolute atomic E-state index is 11.2. The van der Waals surface area contributed by atoms with E-state index >= 15 is 0 Å². The molecule has 0 saturated heterocycles. The lowest BCUT2D eigenvalue weighted by atomic mass is 10.2. The van der Waals surface area contributed by atoms with Gasteiger partial charge < -0.3 is 0 Å². The van der Waals surface area contributed by atoms with Gasteiger partial charge in [-0.1, -0.05) is 29.3 Å². The van der Waals surface area contributed by atoms with Crippen LogP contribution in [-0.4, -0.2) is 5.91 Å². The van der Waals surface area contributed by atoms with Crippen molar-refractivity contribution in [3.63, 3.8) is 0 Å². The van der Waals surface area contributed by atoms with Gasteiger partial charge in [-0.2, -0.15) is 0 Å². The average molecular weight is 238 g/mol. The van der Waals surface area contributed by atoms with Crippen LogP contribution in [0.3, 0.4) is 0 Å². The van der Waals surface area contributed by atoms with Crippen molar-refractivity contribution in [2.24, 2.45) is 0 Å². The van der Waals surface area contributed by atoms with Gasteiger partial charge in [0.1, 0.15) is 0 Å². The number of nitrogens with one attached hydrogen (secondary N) is 1. The Kier molecular flexibility index (Phi) is 3.87. The summed E-state index contributed by atoms with van der Waals surface area (Å²) in [7, 11) is 0. The number of benzene rings is 1. The van der Waals surface area contributed by atoms with Crippen molar-refractivity contribution in [2.75, 3.05) is 0 Å². The summed E-state index contributed by atoms with van der Waals surface area (Å²) >= 11 is 14.8. The molecule has 3 nitrogen and oxygen atoms in total. The Balaban J connectivity index is 3.01. The number of hydrogen-bond acceptors (Lipinski definition) is 3. The van der Waals surface area contributed by atoms with Crippen LogP contribution in [0.1, 0.15) is 10.4 Å². The molecule has 1 aromatic carbocycles. The fraction of sp³-hybridized carbons (Fsp3) is 0. The molecule has 1 N–H and O–H groups in total. The molecule has 0 unspecified atom stereocenters. The highest BCUT2D eigenvalue weighted by Crippen LogP contribution is 2.25. The van der Waals surface area contributed by atoms with Crippen LogP contribution >= 0.6 is 36.1 Å². The zero-order chi connectivity index (χ0) is 9.84. The first-order valence-corrected chi connectivity index (χ1v) is 4.33. The van der Waals surface area contributed by atoms with E-state index < -0.39 is 5.91 Å². The van der Waals surface area contributed by atoms with E-state index in [1.165, 1.54) is 6.07 Å². The Morgan fingerprint density at radius 2 is 2.15 bits per heavy atom. The molecule has 13 heavy (non-hydrogen) atoms. The highest BCUT2D eigenvalue weighted by molar-refractivity contribution is 7.75. The van der Waals surface area contributed by atoms with Crippen LogP contribution in [0.2, 0.25) is 10.0 Å². The molecule has 70 valence electrons. The number of carbonyl (C=O) groups excluding carboxylic acids is 1. The second kappa shape index (κ2) is 4.72. The van der Waals surface area contributed by atoms with E-state index in [2.05, 4.69) is 17.2 Å². The number of hydrogen-bond donors (Lipinski definition) is 2. The monoisotopic (exact) mass is 237 g/mol. The highest BCUT2D eigenvalue weighted by Gasteiger charge is 2.11. The number of rotatable bonds is 2. The minimum atomic E-state index is -0.498. The van der Waals surface area contributed by atoms with Gasteiger partial charge in [0, 0.05) is 12.9 Å². The number of carbonyl (C=O) groups is 1. The van der Waals surface area contributed by atoms with Gasteiger partial charge in [0.25, 0.3) is 5.91 Å². The predicted octanol–water partition coefficient (Wildman–Crippen LogP) is 2.50. The maximum Gasteiger partial charge on any atom is 0.277 e. The van der Waals surface area contributed by atoms with Crippen molar-refractivity contribution >= 4 is 42.0 Å². The first kappa shape index (κ1) is 10.7. The summed E-state index contributed by atoms with van der Waals surface area (Å²) in [5.74, 6) is -0.498. The van der Waals surface area contributed by atoms with E-state index in [9.17, 15) is 4.79 Å². The third-order valence-electron chi connectivity index (χ3n) is 1.33. The molecule has 1 rings (SSSR count). The predicted molar refractivity (Wildman–Crippen MR) is 54.0 cm³/mol. The van der Waals surface area contributed by atoms with E-state index in [0.717, 1.165) is 0 Å². The second-order valence-corrected chi connectivity index (χ2v) is 3.09. The minimum absolute atomic E-state index is 0.187. The summed E-state index contributed by atoms with van der Waals surface area (Å²) in [6.07, 6.45) is 0. The third kappa shape index (κ3) is 2.51. The Bertz CT molecular complexity index is 332. The molecule has 0 atom stereocenters. The summed E-state index contributed by atoms with van der Waals surface area (Å²) in [5.41, 5.74) is 2.25. The summed E-state index contributed by atoms with van der Waals surface area (Å²) < 4.78 is 4.15. The topological polar surface area (TPSA) is 38.3 Å². The van der Waals surface area contributed by atoms with Gasteiger partial charge in [0.15, 0.2) is 0 Å². The number of thiol groups is 1. The van der Waals surface area contributed by atoms with E-state index in [4.69, 9.17) is 23.2 Å². The molecule has 0 spiro atoms. The zero-order valence-electron chi connectivity index (χ0n) is 6.25. The van der Waals surface area contributed by atoms with E-state index in [-0.39, 0.29) is 10.6 Å². The van der Waals surface area contributed by atoms with Crippen molar-refractivity contribution in [1.82, 2.24) is 5.48 Å². The van der Waals surface area contributed by atoms with E-state index in [0.29, 0.717) is 5.02 Å². The van der Waals surface area contributed by atoms with Gasteiger partial charge >= 0.3 is 0 Å². The second-order valence-electron chi connectivity index (χ2n) is 2.12. The molecule has 0 aromatic heterocycles. The average Bonchev–Trinajstić information content (AvgIpc) is 2.10. The van der Waals surface area contributed by atoms with Gasteiger partial charge in [0.2, 0.25) is 0 Å². The van der Waals surface area contributed by atoms with Gasteiger partial charge in [0.05, 0.1) is 15.6 Å². The lowest BCUT2D eigenvalue weighted by Crippen LogP contribution is -2.20. The molecule has 0 saturated carbocycles. The maximum atomic E-state index is 11.2. The van der Waals surface area contributed by atoms with Gasteiger partial charge in [-0.25, -0.2) is 9.76 Å². The SMILES string of the molecule is O=C(NOS)c1cccc(Cl)c1Cl. The Morgan fingerprint density at radius 1 is 1.46 bits per heavy atom. The number of amides is 1. The fourth-order valence-corrected chi connectivity index (χ4v) is 1.24. The largest absolute Gasteiger partial charge is 0.277 e. The summed E-state index contributed by atoms with van der Waals surface area (Å²) in [6, 6.07) is 4.72. The van der Waals surface area contributed by atoms with E-state index in [1.54, 1.807) is 12.1 Å². The molecule has 0 aliphatic heterocycles. The summed E-state index contributed by atoms with van der Waals surface area (Å²) in [6.45, 7) is 0. The minimum Gasteiger partial charge on any atom is -0.267 e. The molecule has 0 radical (unpaired) electrons. The zero-order valence-corrected chi connectivity index (χ0v) is 8.66. The molecule has 0 aliphatic carbocycles. The number of hydroxylamine groups is 1. The van der Waals surface area contributed by atoms with Gasteiger partial charge in [-0.05, 0) is 12.1 Å². The van der Waals surface area contributed by atoms with E-state index in [1.807, 2.05) is 5.48 Å². The van der Waals surface area contributed by atoms with Crippen LogP contribution in [0.25, 0.3) is 0 Å². The fourth-order valence-electron chi connectivity index (χ4n) is 0.776. The first-order valence-electron chi connectivity index (χ1n) is 3.21. The molecule has 6 heteroatoms. The van der Waals surface area contributed by atoms with Crippen LogP contribution in [0.15, 0.2) is 18.2 Å². The Morgan fingerprint density at radius 3 is 2.77 bits per heavy atom. The molecular weight excluding hydrogens is 233 g/mol. The van der Waals surface area contributed by atoms with Crippen LogP contribution in [0.5, 0.6) is 0 Å². The van der Waals surface area contributed by atoms with Gasteiger partial charge in [-0.3, -0.25) is 4.79 Å². The molecule has 0 bridgehead atoms. The van der Waals surface area contributed by atoms with Crippen LogP contribution in [0.4, 0.5) is 0 Å². The summed E-state index contributed by atoms with van der Waals surface area (Å²) in [5, 5.41) is 0.500. The van der Waals surface area contributed by atoms with Crippen molar-refractivity contribution in [3.05, 3.63) is 33.8 Å². The lowest BCUT2D eigenvalue weighted by molar-refractivity contribution is 0.0802. The Hall–Kier alpha value is -0.420. The molecule has 1 amide bonds. The van der Waals surface area contributed by atoms with Crippen molar-refractivity contribution in [1.29, 1.82) is 0 Å². The van der Waals surface area contributed by atoms with Crippen LogP contribution in [0, 0.1) is 0 Å². The Labute approximate surface area is 90.5 Å². The molecule has 0 aliphatic rings. The van der Waals surface area contributed by atoms with Crippen LogP contribution < -0.4 is 5.48 Å². The molecule has 1 aromatic rings. The van der Waals surface area contributed by atoms with Crippen molar-refractivity contribution in [3.8, 4) is 0 Å². The van der Waals surface area contributed by atoms with Gasteiger partial charge in [-0.15, -0.1) is 0 Å². The first-order chi connectivity index (χ1) is 6.16. The smallest absolute Gasteiger partial charge is 0.267 e.